The number of nitrogens with zero attached hydrogens (tertiary/aromatic N) is 2. The van der Waals surface area contributed by atoms with E-state index in [0.717, 1.165) is 4.47 Å². The Morgan fingerprint density at radius 3 is 2.89 bits per heavy atom. The number of benzene rings is 1. The summed E-state index contributed by atoms with van der Waals surface area (Å²) in [7, 11) is 0. The van der Waals surface area contributed by atoms with Crippen LogP contribution in [-0.2, 0) is 0 Å². The third kappa shape index (κ3) is 1.91. The highest BCUT2D eigenvalue weighted by atomic mass is 79.9. The first kappa shape index (κ1) is 11.0. The summed E-state index contributed by atoms with van der Waals surface area (Å²) in [5.41, 5.74) is 7.14. The molecule has 0 aliphatic carbocycles. The van der Waals surface area contributed by atoms with Crippen LogP contribution in [0.4, 0.5) is 5.69 Å². The Morgan fingerprint density at radius 1 is 1.22 bits per heavy atom. The van der Waals surface area contributed by atoms with Gasteiger partial charge in [-0.1, -0.05) is 21.1 Å². The van der Waals surface area contributed by atoms with Crippen LogP contribution in [0.5, 0.6) is 0 Å². The lowest BCUT2D eigenvalue weighted by molar-refractivity contribution is 0.429. The van der Waals surface area contributed by atoms with Crippen molar-refractivity contribution in [3.63, 3.8) is 0 Å². The van der Waals surface area contributed by atoms with Crippen molar-refractivity contribution >= 4 is 21.6 Å². The van der Waals surface area contributed by atoms with E-state index in [0.29, 0.717) is 28.7 Å². The molecule has 90 valence electrons. The number of rotatable bonds is 2. The molecule has 18 heavy (non-hydrogen) atoms. The monoisotopic (exact) mass is 305 g/mol. The number of hydrogen-bond acceptors (Lipinski definition) is 5. The van der Waals surface area contributed by atoms with Crippen molar-refractivity contribution in [2.75, 3.05) is 5.73 Å². The first-order valence-corrected chi connectivity index (χ1v) is 5.96. The van der Waals surface area contributed by atoms with Gasteiger partial charge >= 0.3 is 0 Å². The van der Waals surface area contributed by atoms with E-state index in [-0.39, 0.29) is 0 Å². The summed E-state index contributed by atoms with van der Waals surface area (Å²) in [4.78, 5) is 4.25. The maximum absolute atomic E-state index is 5.88. The second-order valence-electron chi connectivity index (χ2n) is 3.63. The highest BCUT2D eigenvalue weighted by Crippen LogP contribution is 2.29. The molecule has 2 heterocycles. The van der Waals surface area contributed by atoms with Crippen molar-refractivity contribution in [1.29, 1.82) is 0 Å². The molecule has 0 aliphatic rings. The molecule has 0 bridgehead atoms. The van der Waals surface area contributed by atoms with E-state index in [2.05, 4.69) is 26.1 Å². The van der Waals surface area contributed by atoms with Gasteiger partial charge in [0.25, 0.3) is 5.89 Å². The van der Waals surface area contributed by atoms with E-state index in [1.54, 1.807) is 24.5 Å². The van der Waals surface area contributed by atoms with Crippen molar-refractivity contribution in [2.45, 2.75) is 0 Å². The van der Waals surface area contributed by atoms with Gasteiger partial charge in [-0.2, -0.15) is 4.98 Å². The largest absolute Gasteiger partial charge is 0.461 e. The van der Waals surface area contributed by atoms with Crippen molar-refractivity contribution in [1.82, 2.24) is 10.1 Å². The number of nitrogen functional groups attached to an aromatic ring is 1. The highest BCUT2D eigenvalue weighted by molar-refractivity contribution is 9.10. The molecule has 5 nitrogen and oxygen atoms in total. The van der Waals surface area contributed by atoms with Crippen molar-refractivity contribution < 1.29 is 8.94 Å². The third-order valence-corrected chi connectivity index (χ3v) is 2.91. The lowest BCUT2D eigenvalue weighted by Crippen LogP contribution is -1.89. The normalized spacial score (nSPS) is 10.7. The van der Waals surface area contributed by atoms with Gasteiger partial charge in [0, 0.05) is 10.2 Å². The molecule has 0 fully saturated rings. The van der Waals surface area contributed by atoms with Crippen LogP contribution in [0.1, 0.15) is 0 Å². The number of aromatic nitrogens is 2. The molecule has 0 saturated carbocycles. The summed E-state index contributed by atoms with van der Waals surface area (Å²) in [6, 6.07) is 8.98. The summed E-state index contributed by atoms with van der Waals surface area (Å²) >= 11 is 3.38. The molecule has 6 heteroatoms. The predicted octanol–water partition coefficient (Wildman–Crippen LogP) is 3.34. The maximum Gasteiger partial charge on any atom is 0.260 e. The second-order valence-corrected chi connectivity index (χ2v) is 4.55. The Hall–Kier alpha value is -2.08. The first-order chi connectivity index (χ1) is 8.74. The first-order valence-electron chi connectivity index (χ1n) is 5.17. The molecule has 0 atom stereocenters. The fourth-order valence-electron chi connectivity index (χ4n) is 1.55. The van der Waals surface area contributed by atoms with Gasteiger partial charge in [0.2, 0.25) is 5.82 Å². The van der Waals surface area contributed by atoms with Crippen molar-refractivity contribution in [2.24, 2.45) is 0 Å². The van der Waals surface area contributed by atoms with Gasteiger partial charge in [0.15, 0.2) is 5.76 Å². The summed E-state index contributed by atoms with van der Waals surface area (Å²) in [6.07, 6.45) is 1.55. The Bertz CT molecular complexity index is 676. The van der Waals surface area contributed by atoms with Crippen molar-refractivity contribution in [3.05, 3.63) is 41.1 Å². The van der Waals surface area contributed by atoms with Gasteiger partial charge < -0.3 is 14.7 Å². The zero-order valence-corrected chi connectivity index (χ0v) is 10.7. The van der Waals surface area contributed by atoms with E-state index in [1.807, 2.05) is 12.1 Å². The molecule has 0 amide bonds. The number of furan rings is 1. The molecule has 3 aromatic rings. The maximum atomic E-state index is 5.88. The lowest BCUT2D eigenvalue weighted by atomic mass is 10.2. The summed E-state index contributed by atoms with van der Waals surface area (Å²) in [6.45, 7) is 0. The Balaban J connectivity index is 2.05. The summed E-state index contributed by atoms with van der Waals surface area (Å²) < 4.78 is 11.3. The minimum atomic E-state index is 0.361. The van der Waals surface area contributed by atoms with Gasteiger partial charge in [0.1, 0.15) is 0 Å². The van der Waals surface area contributed by atoms with Crippen LogP contribution < -0.4 is 5.73 Å². The third-order valence-electron chi connectivity index (χ3n) is 2.41. The Morgan fingerprint density at radius 2 is 2.11 bits per heavy atom. The highest BCUT2D eigenvalue weighted by Gasteiger charge is 2.14. The molecule has 0 radical (unpaired) electrons. The molecule has 1 aromatic carbocycles. The second kappa shape index (κ2) is 4.30. The fourth-order valence-corrected chi connectivity index (χ4v) is 1.91. The lowest BCUT2D eigenvalue weighted by Gasteiger charge is -2.00. The number of hydrogen-bond donors (Lipinski definition) is 1. The molecule has 3 rings (SSSR count). The molecular formula is C12H8BrN3O2. The van der Waals surface area contributed by atoms with Gasteiger partial charge in [-0.25, -0.2) is 0 Å². The topological polar surface area (TPSA) is 78.1 Å². The van der Waals surface area contributed by atoms with Crippen LogP contribution in [0.2, 0.25) is 0 Å². The minimum Gasteiger partial charge on any atom is -0.461 e. The standard InChI is InChI=1S/C12H8BrN3O2/c13-7-3-4-9(14)8(6-7)12-15-11(16-18-12)10-2-1-5-17-10/h1-6H,14H2. The SMILES string of the molecule is Nc1ccc(Br)cc1-c1nc(-c2ccco2)no1. The van der Waals surface area contributed by atoms with Crippen LogP contribution >= 0.6 is 15.9 Å². The molecule has 2 aromatic heterocycles. The molecule has 0 aliphatic heterocycles. The number of nitrogens with two attached hydrogens (primary N) is 1. The van der Waals surface area contributed by atoms with Crippen LogP contribution in [0.3, 0.4) is 0 Å². The van der Waals surface area contributed by atoms with Crippen LogP contribution in [-0.4, -0.2) is 10.1 Å². The minimum absolute atomic E-state index is 0.361. The van der Waals surface area contributed by atoms with Crippen molar-refractivity contribution in [3.8, 4) is 23.0 Å². The van der Waals surface area contributed by atoms with Gasteiger partial charge in [-0.05, 0) is 30.3 Å². The molecule has 0 saturated heterocycles. The van der Waals surface area contributed by atoms with E-state index < -0.39 is 0 Å². The molecule has 2 N–H and O–H groups in total. The summed E-state index contributed by atoms with van der Waals surface area (Å²) in [5, 5.41) is 3.86. The average molecular weight is 306 g/mol. The molecule has 0 unspecified atom stereocenters. The Labute approximate surface area is 111 Å². The Kier molecular flexibility index (Phi) is 2.64. The smallest absolute Gasteiger partial charge is 0.260 e. The molecular weight excluding hydrogens is 298 g/mol. The fraction of sp³-hybridized carbons (Fsp3) is 0. The van der Waals surface area contributed by atoms with E-state index in [9.17, 15) is 0 Å². The quantitative estimate of drug-likeness (QED) is 0.735. The molecule has 0 spiro atoms. The van der Waals surface area contributed by atoms with Gasteiger partial charge in [0.05, 0.1) is 11.8 Å². The van der Waals surface area contributed by atoms with E-state index in [1.165, 1.54) is 0 Å². The van der Waals surface area contributed by atoms with Crippen LogP contribution in [0.25, 0.3) is 23.0 Å². The zero-order chi connectivity index (χ0) is 12.5. The van der Waals surface area contributed by atoms with E-state index >= 15 is 0 Å². The summed E-state index contributed by atoms with van der Waals surface area (Å²) in [5.74, 6) is 1.31. The van der Waals surface area contributed by atoms with Gasteiger partial charge in [-0.3, -0.25) is 0 Å². The number of anilines is 1. The van der Waals surface area contributed by atoms with Crippen LogP contribution in [0, 0.1) is 0 Å². The van der Waals surface area contributed by atoms with E-state index in [4.69, 9.17) is 14.7 Å². The zero-order valence-electron chi connectivity index (χ0n) is 9.13. The predicted molar refractivity (Wildman–Crippen MR) is 69.5 cm³/mol. The number of halogens is 1. The van der Waals surface area contributed by atoms with Crippen LogP contribution in [0.15, 0.2) is 50.0 Å². The average Bonchev–Trinajstić information content (AvgIpc) is 3.00. The van der Waals surface area contributed by atoms with Gasteiger partial charge in [-0.15, -0.1) is 0 Å².